The summed E-state index contributed by atoms with van der Waals surface area (Å²) in [5, 5.41) is 6.84. The first-order valence-electron chi connectivity index (χ1n) is 7.54. The summed E-state index contributed by atoms with van der Waals surface area (Å²) in [6.45, 7) is 1.90. The molecule has 122 valence electrons. The SMILES string of the molecule is COc1ccc(-c2nc(CSC(C)C(=O)NC3CC3)no2)cc1. The van der Waals surface area contributed by atoms with Crippen molar-refractivity contribution < 1.29 is 14.1 Å². The van der Waals surface area contributed by atoms with Gasteiger partial charge in [-0.15, -0.1) is 11.8 Å². The van der Waals surface area contributed by atoms with Gasteiger partial charge in [-0.1, -0.05) is 5.16 Å². The van der Waals surface area contributed by atoms with Crippen molar-refractivity contribution in [3.05, 3.63) is 30.1 Å². The minimum absolute atomic E-state index is 0.0800. The van der Waals surface area contributed by atoms with E-state index in [-0.39, 0.29) is 11.2 Å². The van der Waals surface area contributed by atoms with Gasteiger partial charge in [-0.25, -0.2) is 0 Å². The van der Waals surface area contributed by atoms with Gasteiger partial charge in [-0.3, -0.25) is 4.79 Å². The van der Waals surface area contributed by atoms with Crippen LogP contribution < -0.4 is 10.1 Å². The van der Waals surface area contributed by atoms with E-state index in [4.69, 9.17) is 9.26 Å². The van der Waals surface area contributed by atoms with Crippen LogP contribution in [0.15, 0.2) is 28.8 Å². The first-order valence-corrected chi connectivity index (χ1v) is 8.59. The highest BCUT2D eigenvalue weighted by Crippen LogP contribution is 2.24. The smallest absolute Gasteiger partial charge is 0.257 e. The molecule has 1 saturated carbocycles. The van der Waals surface area contributed by atoms with Crippen LogP contribution in [0.3, 0.4) is 0 Å². The Hall–Kier alpha value is -2.02. The Labute approximate surface area is 139 Å². The zero-order valence-corrected chi connectivity index (χ0v) is 13.9. The van der Waals surface area contributed by atoms with Gasteiger partial charge < -0.3 is 14.6 Å². The number of nitrogens with zero attached hydrogens (tertiary/aromatic N) is 2. The third-order valence-electron chi connectivity index (χ3n) is 3.56. The lowest BCUT2D eigenvalue weighted by atomic mass is 10.2. The molecule has 1 unspecified atom stereocenters. The Morgan fingerprint density at radius 2 is 2.17 bits per heavy atom. The van der Waals surface area contributed by atoms with Crippen LogP contribution in [-0.4, -0.2) is 34.4 Å². The van der Waals surface area contributed by atoms with Gasteiger partial charge in [0.15, 0.2) is 5.82 Å². The van der Waals surface area contributed by atoms with Gasteiger partial charge in [0.05, 0.1) is 18.1 Å². The maximum Gasteiger partial charge on any atom is 0.257 e. The molecule has 1 aromatic heterocycles. The summed E-state index contributed by atoms with van der Waals surface area (Å²) in [4.78, 5) is 16.3. The van der Waals surface area contributed by atoms with E-state index in [1.54, 1.807) is 7.11 Å². The largest absolute Gasteiger partial charge is 0.497 e. The van der Waals surface area contributed by atoms with Crippen LogP contribution in [0.5, 0.6) is 5.75 Å². The number of rotatable bonds is 7. The van der Waals surface area contributed by atoms with Crippen LogP contribution in [-0.2, 0) is 10.5 Å². The Kier molecular flexibility index (Phi) is 4.85. The standard InChI is InChI=1S/C16H19N3O3S/c1-10(15(20)17-12-5-6-12)23-9-14-18-16(22-19-14)11-3-7-13(21-2)8-4-11/h3-4,7-8,10,12H,5-6,9H2,1-2H3,(H,17,20). The van der Waals surface area contributed by atoms with Crippen molar-refractivity contribution in [3.63, 3.8) is 0 Å². The Morgan fingerprint density at radius 1 is 1.43 bits per heavy atom. The number of carbonyl (C=O) groups excluding carboxylic acids is 1. The number of nitrogens with one attached hydrogen (secondary N) is 1. The zero-order chi connectivity index (χ0) is 16.2. The van der Waals surface area contributed by atoms with Crippen molar-refractivity contribution in [1.29, 1.82) is 0 Å². The van der Waals surface area contributed by atoms with E-state index >= 15 is 0 Å². The topological polar surface area (TPSA) is 77.2 Å². The van der Waals surface area contributed by atoms with E-state index in [1.165, 1.54) is 11.8 Å². The van der Waals surface area contributed by atoms with Crippen molar-refractivity contribution in [2.75, 3.05) is 7.11 Å². The fourth-order valence-corrected chi connectivity index (χ4v) is 2.72. The second-order valence-corrected chi connectivity index (χ2v) is 6.81. The molecule has 0 radical (unpaired) electrons. The number of ether oxygens (including phenoxy) is 1. The lowest BCUT2D eigenvalue weighted by Crippen LogP contribution is -2.32. The summed E-state index contributed by atoms with van der Waals surface area (Å²) < 4.78 is 10.4. The fraction of sp³-hybridized carbons (Fsp3) is 0.438. The Bertz CT molecular complexity index is 667. The molecule has 1 heterocycles. The summed E-state index contributed by atoms with van der Waals surface area (Å²) in [6, 6.07) is 7.82. The number of methoxy groups -OCH3 is 1. The van der Waals surface area contributed by atoms with Crippen molar-refractivity contribution >= 4 is 17.7 Å². The number of amides is 1. The van der Waals surface area contributed by atoms with Gasteiger partial charge in [0.2, 0.25) is 5.91 Å². The van der Waals surface area contributed by atoms with Gasteiger partial charge in [0, 0.05) is 11.6 Å². The molecule has 1 aromatic carbocycles. The molecule has 1 atom stereocenters. The first kappa shape index (κ1) is 15.9. The molecular weight excluding hydrogens is 314 g/mol. The summed E-state index contributed by atoms with van der Waals surface area (Å²) in [5.41, 5.74) is 0.842. The second kappa shape index (κ2) is 7.04. The van der Waals surface area contributed by atoms with Gasteiger partial charge >= 0.3 is 0 Å². The lowest BCUT2D eigenvalue weighted by Gasteiger charge is -2.09. The van der Waals surface area contributed by atoms with Gasteiger partial charge in [-0.05, 0) is 44.0 Å². The highest BCUT2D eigenvalue weighted by molar-refractivity contribution is 7.99. The Balaban J connectivity index is 1.54. The predicted molar refractivity (Wildman–Crippen MR) is 88.2 cm³/mol. The second-order valence-electron chi connectivity index (χ2n) is 5.48. The van der Waals surface area contributed by atoms with Gasteiger partial charge in [-0.2, -0.15) is 4.98 Å². The molecule has 7 heteroatoms. The molecule has 0 bridgehead atoms. The first-order chi connectivity index (χ1) is 11.2. The van der Waals surface area contributed by atoms with Crippen molar-refractivity contribution in [1.82, 2.24) is 15.5 Å². The molecule has 1 aliphatic rings. The molecule has 0 aliphatic heterocycles. The number of hydrogen-bond donors (Lipinski definition) is 1. The maximum atomic E-state index is 11.9. The molecule has 3 rings (SSSR count). The quantitative estimate of drug-likeness (QED) is 0.839. The monoisotopic (exact) mass is 333 g/mol. The molecule has 1 N–H and O–H groups in total. The number of thioether (sulfide) groups is 1. The predicted octanol–water partition coefficient (Wildman–Crippen LogP) is 2.65. The maximum absolute atomic E-state index is 11.9. The number of carbonyl (C=O) groups is 1. The van der Waals surface area contributed by atoms with Crippen LogP contribution in [0.2, 0.25) is 0 Å². The van der Waals surface area contributed by atoms with Crippen LogP contribution in [0.1, 0.15) is 25.6 Å². The molecule has 23 heavy (non-hydrogen) atoms. The third kappa shape index (κ3) is 4.25. The lowest BCUT2D eigenvalue weighted by molar-refractivity contribution is -0.120. The van der Waals surface area contributed by atoms with Crippen LogP contribution in [0, 0.1) is 0 Å². The molecule has 0 spiro atoms. The molecule has 1 fully saturated rings. The van der Waals surface area contributed by atoms with Gasteiger partial charge in [0.1, 0.15) is 5.75 Å². The summed E-state index contributed by atoms with van der Waals surface area (Å²) in [7, 11) is 1.62. The number of benzene rings is 1. The van der Waals surface area contributed by atoms with Crippen molar-refractivity contribution in [2.45, 2.75) is 36.8 Å². The van der Waals surface area contributed by atoms with Crippen LogP contribution >= 0.6 is 11.8 Å². The van der Waals surface area contributed by atoms with E-state index < -0.39 is 0 Å². The zero-order valence-electron chi connectivity index (χ0n) is 13.1. The third-order valence-corrected chi connectivity index (χ3v) is 4.70. The normalized spacial score (nSPS) is 15.2. The van der Waals surface area contributed by atoms with Gasteiger partial charge in [0.25, 0.3) is 5.89 Å². The van der Waals surface area contributed by atoms with Crippen molar-refractivity contribution in [2.24, 2.45) is 0 Å². The minimum Gasteiger partial charge on any atom is -0.497 e. The number of aromatic nitrogens is 2. The Morgan fingerprint density at radius 3 is 2.83 bits per heavy atom. The molecule has 2 aromatic rings. The van der Waals surface area contributed by atoms with E-state index in [0.29, 0.717) is 23.5 Å². The fourth-order valence-electron chi connectivity index (χ4n) is 1.98. The van der Waals surface area contributed by atoms with E-state index in [2.05, 4.69) is 15.5 Å². The van der Waals surface area contributed by atoms with Crippen molar-refractivity contribution in [3.8, 4) is 17.2 Å². The van der Waals surface area contributed by atoms with Crippen LogP contribution in [0.25, 0.3) is 11.5 Å². The molecule has 6 nitrogen and oxygen atoms in total. The van der Waals surface area contributed by atoms with Crippen LogP contribution in [0.4, 0.5) is 0 Å². The summed E-state index contributed by atoms with van der Waals surface area (Å²) in [5.74, 6) is 2.46. The summed E-state index contributed by atoms with van der Waals surface area (Å²) in [6.07, 6.45) is 2.19. The molecular formula is C16H19N3O3S. The molecule has 1 aliphatic carbocycles. The average molecular weight is 333 g/mol. The molecule has 0 saturated heterocycles. The molecule has 1 amide bonds. The van der Waals surface area contributed by atoms with E-state index in [1.807, 2.05) is 31.2 Å². The average Bonchev–Trinajstić information content (AvgIpc) is 3.26. The number of hydrogen-bond acceptors (Lipinski definition) is 6. The highest BCUT2D eigenvalue weighted by atomic mass is 32.2. The van der Waals surface area contributed by atoms with E-state index in [9.17, 15) is 4.79 Å². The minimum atomic E-state index is -0.126. The highest BCUT2D eigenvalue weighted by Gasteiger charge is 2.26. The van der Waals surface area contributed by atoms with E-state index in [0.717, 1.165) is 24.2 Å². The summed E-state index contributed by atoms with van der Waals surface area (Å²) >= 11 is 1.50.